The Bertz CT molecular complexity index is 770. The third-order valence-electron chi connectivity index (χ3n) is 9.68. The molecule has 4 aliphatic rings. The summed E-state index contributed by atoms with van der Waals surface area (Å²) in [7, 11) is -1.53. The lowest BCUT2D eigenvalue weighted by Gasteiger charge is -2.46. The highest BCUT2D eigenvalue weighted by atomic mass is 28.4. The summed E-state index contributed by atoms with van der Waals surface area (Å²) in [5.41, 5.74) is 9.36. The van der Waals surface area contributed by atoms with Crippen LogP contribution < -0.4 is 0 Å². The summed E-state index contributed by atoms with van der Waals surface area (Å²) in [6, 6.07) is 3.79. The lowest BCUT2D eigenvalue weighted by Crippen LogP contribution is -2.40. The summed E-state index contributed by atoms with van der Waals surface area (Å²) in [6.45, 7) is 10.5. The molecule has 0 fully saturated rings. The van der Waals surface area contributed by atoms with Gasteiger partial charge in [0.2, 0.25) is 0 Å². The predicted molar refractivity (Wildman–Crippen MR) is 137 cm³/mol. The lowest BCUT2D eigenvalue weighted by molar-refractivity contribution is 0.146. The highest BCUT2D eigenvalue weighted by Gasteiger charge is 2.46. The van der Waals surface area contributed by atoms with Crippen molar-refractivity contribution in [1.29, 1.82) is 0 Å². The van der Waals surface area contributed by atoms with Crippen LogP contribution in [0.1, 0.15) is 98.3 Å². The van der Waals surface area contributed by atoms with Crippen LogP contribution in [-0.2, 0) is 4.43 Å². The molecule has 0 saturated carbocycles. The van der Waals surface area contributed by atoms with Crippen LogP contribution in [0.4, 0.5) is 0 Å². The minimum absolute atomic E-state index is 0.300. The molecule has 2 unspecified atom stereocenters. The molecular formula is C29H46OSi. The maximum Gasteiger partial charge on any atom is 0.191 e. The Morgan fingerprint density at radius 2 is 1.71 bits per heavy atom. The van der Waals surface area contributed by atoms with Crippen LogP contribution in [0.2, 0.25) is 18.1 Å². The summed E-state index contributed by atoms with van der Waals surface area (Å²) >= 11 is 0. The number of hydrogen-bond donors (Lipinski definition) is 0. The van der Waals surface area contributed by atoms with Crippen molar-refractivity contribution in [2.24, 2.45) is 11.3 Å². The van der Waals surface area contributed by atoms with E-state index >= 15 is 0 Å². The third kappa shape index (κ3) is 4.24. The molecule has 0 aromatic heterocycles. The quantitative estimate of drug-likeness (QED) is 0.309. The van der Waals surface area contributed by atoms with Gasteiger partial charge in [-0.3, -0.25) is 0 Å². The van der Waals surface area contributed by atoms with Gasteiger partial charge in [-0.15, -0.1) is 0 Å². The van der Waals surface area contributed by atoms with E-state index in [1.165, 1.54) is 82.3 Å². The van der Waals surface area contributed by atoms with Gasteiger partial charge < -0.3 is 4.43 Å². The van der Waals surface area contributed by atoms with Gasteiger partial charge in [-0.05, 0) is 106 Å². The highest BCUT2D eigenvalue weighted by molar-refractivity contribution is 6.73. The maximum absolute atomic E-state index is 6.86. The molecule has 0 bridgehead atoms. The van der Waals surface area contributed by atoms with Gasteiger partial charge >= 0.3 is 0 Å². The summed E-state index contributed by atoms with van der Waals surface area (Å²) in [4.78, 5) is 0. The Morgan fingerprint density at radius 1 is 0.968 bits per heavy atom. The van der Waals surface area contributed by atoms with E-state index in [0.29, 0.717) is 5.41 Å². The van der Waals surface area contributed by atoms with Crippen LogP contribution in [0.15, 0.2) is 46.1 Å². The van der Waals surface area contributed by atoms with Crippen LogP contribution in [0.5, 0.6) is 0 Å². The zero-order chi connectivity index (χ0) is 21.9. The smallest absolute Gasteiger partial charge is 0.191 e. The van der Waals surface area contributed by atoms with E-state index in [0.717, 1.165) is 18.9 Å². The van der Waals surface area contributed by atoms with E-state index in [4.69, 9.17) is 4.43 Å². The fourth-order valence-corrected chi connectivity index (χ4v) is 10.1. The van der Waals surface area contributed by atoms with Crippen molar-refractivity contribution >= 4 is 8.32 Å². The molecule has 0 heterocycles. The SMILES string of the molecule is CCC(CCO[Si](CC)(CC)CC)(C1=CC=CC1)C1CCCC2=C1CC1=C2CCCC1. The lowest BCUT2D eigenvalue weighted by atomic mass is 9.59. The molecule has 0 spiro atoms. The molecule has 0 amide bonds. The van der Waals surface area contributed by atoms with Gasteiger partial charge in [0.05, 0.1) is 0 Å². The van der Waals surface area contributed by atoms with Crippen LogP contribution in [-0.4, -0.2) is 14.9 Å². The minimum atomic E-state index is -1.53. The fraction of sp³-hybridized carbons (Fsp3) is 0.724. The van der Waals surface area contributed by atoms with Crippen LogP contribution >= 0.6 is 0 Å². The molecule has 0 aromatic carbocycles. The van der Waals surface area contributed by atoms with Gasteiger partial charge in [0.15, 0.2) is 8.32 Å². The van der Waals surface area contributed by atoms with Crippen molar-refractivity contribution in [3.8, 4) is 0 Å². The van der Waals surface area contributed by atoms with E-state index in [1.807, 2.05) is 22.3 Å². The molecule has 31 heavy (non-hydrogen) atoms. The molecule has 4 rings (SSSR count). The van der Waals surface area contributed by atoms with Crippen molar-refractivity contribution in [2.75, 3.05) is 6.61 Å². The van der Waals surface area contributed by atoms with Crippen molar-refractivity contribution in [3.05, 3.63) is 46.1 Å². The molecule has 0 aromatic rings. The Kier molecular flexibility index (Phi) is 7.48. The average molecular weight is 439 g/mol. The van der Waals surface area contributed by atoms with Crippen molar-refractivity contribution in [1.82, 2.24) is 0 Å². The molecule has 172 valence electrons. The van der Waals surface area contributed by atoms with Crippen molar-refractivity contribution < 1.29 is 4.43 Å². The second kappa shape index (κ2) is 9.95. The monoisotopic (exact) mass is 438 g/mol. The van der Waals surface area contributed by atoms with Crippen LogP contribution in [0.3, 0.4) is 0 Å². The molecular weight excluding hydrogens is 392 g/mol. The molecule has 4 aliphatic carbocycles. The fourth-order valence-electron chi connectivity index (χ4n) is 7.50. The van der Waals surface area contributed by atoms with Gasteiger partial charge in [0.25, 0.3) is 0 Å². The van der Waals surface area contributed by atoms with Gasteiger partial charge in [-0.25, -0.2) is 0 Å². The maximum atomic E-state index is 6.86. The van der Waals surface area contributed by atoms with Crippen molar-refractivity contribution in [2.45, 2.75) is 116 Å². The predicted octanol–water partition coefficient (Wildman–Crippen LogP) is 9.05. The molecule has 0 aliphatic heterocycles. The second-order valence-corrected chi connectivity index (χ2v) is 15.4. The summed E-state index contributed by atoms with van der Waals surface area (Å²) in [5.74, 6) is 0.738. The normalized spacial score (nSPS) is 25.5. The first-order valence-electron chi connectivity index (χ1n) is 13.6. The Hall–Kier alpha value is -0.863. The standard InChI is InChI=1S/C29H46OSi/c1-5-29(24-15-10-11-16-24,20-21-30-31(6-2,7-3)8-4)28-19-13-18-26-25-17-12-9-14-23(25)22-27(26)28/h10-11,15,28H,5-9,12-14,16-22H2,1-4H3. The first kappa shape index (κ1) is 23.3. The van der Waals surface area contributed by atoms with Gasteiger partial charge in [0, 0.05) is 12.0 Å². The number of rotatable bonds is 10. The van der Waals surface area contributed by atoms with E-state index < -0.39 is 8.32 Å². The third-order valence-corrected chi connectivity index (χ3v) is 14.4. The van der Waals surface area contributed by atoms with Gasteiger partial charge in [0.1, 0.15) is 0 Å². The van der Waals surface area contributed by atoms with Gasteiger partial charge in [-0.1, -0.05) is 62.6 Å². The number of fused-ring (bicyclic) bond motifs is 1. The Morgan fingerprint density at radius 3 is 2.39 bits per heavy atom. The largest absolute Gasteiger partial charge is 0.417 e. The Labute approximate surface area is 193 Å². The van der Waals surface area contributed by atoms with Crippen LogP contribution in [0.25, 0.3) is 0 Å². The molecule has 2 atom stereocenters. The summed E-state index contributed by atoms with van der Waals surface area (Å²) < 4.78 is 6.86. The second-order valence-electron chi connectivity index (χ2n) is 10.6. The molecule has 2 heteroatoms. The summed E-state index contributed by atoms with van der Waals surface area (Å²) in [6.07, 6.45) is 21.9. The summed E-state index contributed by atoms with van der Waals surface area (Å²) in [5, 5.41) is 0. The van der Waals surface area contributed by atoms with E-state index in [2.05, 4.69) is 45.9 Å². The highest BCUT2D eigenvalue weighted by Crippen LogP contribution is 2.58. The number of hydrogen-bond acceptors (Lipinski definition) is 1. The topological polar surface area (TPSA) is 9.23 Å². The first-order chi connectivity index (χ1) is 15.1. The van der Waals surface area contributed by atoms with Crippen molar-refractivity contribution in [3.63, 3.8) is 0 Å². The zero-order valence-electron chi connectivity index (χ0n) is 20.8. The molecule has 0 saturated heterocycles. The Balaban J connectivity index is 1.62. The molecule has 0 N–H and O–H groups in total. The van der Waals surface area contributed by atoms with Crippen LogP contribution in [0, 0.1) is 11.3 Å². The zero-order valence-corrected chi connectivity index (χ0v) is 21.8. The number of allylic oxidation sites excluding steroid dienone is 8. The average Bonchev–Trinajstić information content (AvgIpc) is 3.49. The molecule has 0 radical (unpaired) electrons. The van der Waals surface area contributed by atoms with Gasteiger partial charge in [-0.2, -0.15) is 0 Å². The van der Waals surface area contributed by atoms with E-state index in [1.54, 1.807) is 5.57 Å². The first-order valence-corrected chi connectivity index (χ1v) is 16.1. The molecule has 1 nitrogen and oxygen atoms in total. The minimum Gasteiger partial charge on any atom is -0.417 e. The van der Waals surface area contributed by atoms with E-state index in [9.17, 15) is 0 Å². The van der Waals surface area contributed by atoms with E-state index in [-0.39, 0.29) is 0 Å².